The van der Waals surface area contributed by atoms with Gasteiger partial charge in [-0.25, -0.2) is 4.98 Å². The van der Waals surface area contributed by atoms with Crippen molar-refractivity contribution in [2.45, 2.75) is 46.3 Å². The molecule has 1 atom stereocenters. The van der Waals surface area contributed by atoms with Crippen molar-refractivity contribution in [3.05, 3.63) is 40.2 Å². The number of fused-ring (bicyclic) bond motifs is 1. The molecule has 2 aromatic rings. The van der Waals surface area contributed by atoms with Crippen molar-refractivity contribution in [3.63, 3.8) is 0 Å². The van der Waals surface area contributed by atoms with Gasteiger partial charge in [-0.05, 0) is 43.6 Å². The number of hydrogen-bond acceptors (Lipinski definition) is 5. The molecule has 0 radical (unpaired) electrons. The zero-order chi connectivity index (χ0) is 23.6. The number of nitriles is 1. The molecule has 1 aromatic carbocycles. The first-order valence-electron chi connectivity index (χ1n) is 10.6. The summed E-state index contributed by atoms with van der Waals surface area (Å²) in [6.07, 6.45) is 0.881. The largest absolute Gasteiger partial charge is 0.357 e. The van der Waals surface area contributed by atoms with E-state index in [0.717, 1.165) is 18.7 Å². The molecule has 2 amide bonds. The average Bonchev–Trinajstić information content (AvgIpc) is 2.97. The van der Waals surface area contributed by atoms with E-state index in [9.17, 15) is 14.9 Å². The number of carbonyl (C=O) groups is 2. The summed E-state index contributed by atoms with van der Waals surface area (Å²) in [7, 11) is 3.54. The lowest BCUT2D eigenvalue weighted by atomic mass is 9.86. The van der Waals surface area contributed by atoms with Crippen LogP contribution in [0.15, 0.2) is 18.2 Å². The number of carbonyl (C=O) groups excluding carboxylic acids is 2. The summed E-state index contributed by atoms with van der Waals surface area (Å²) in [5.74, 6) is -0.126. The molecule has 1 aliphatic rings. The minimum atomic E-state index is -0.727. The monoisotopic (exact) mass is 456 g/mol. The van der Waals surface area contributed by atoms with Crippen molar-refractivity contribution < 1.29 is 9.59 Å². The maximum Gasteiger partial charge on any atom is 0.272 e. The zero-order valence-electron chi connectivity index (χ0n) is 19.1. The molecule has 0 saturated carbocycles. The molecular weight excluding hydrogens is 428 g/mol. The van der Waals surface area contributed by atoms with Crippen molar-refractivity contribution >= 4 is 23.4 Å². The Kier molecular flexibility index (Phi) is 6.91. The van der Waals surface area contributed by atoms with E-state index in [0.29, 0.717) is 35.1 Å². The summed E-state index contributed by atoms with van der Waals surface area (Å²) < 4.78 is 2.01. The Morgan fingerprint density at radius 3 is 2.62 bits per heavy atom. The molecule has 0 aliphatic carbocycles. The van der Waals surface area contributed by atoms with Gasteiger partial charge < -0.3 is 20.1 Å². The number of benzene rings is 1. The van der Waals surface area contributed by atoms with E-state index in [1.807, 2.05) is 32.4 Å². The summed E-state index contributed by atoms with van der Waals surface area (Å²) in [5.41, 5.74) is 1.61. The molecule has 0 saturated heterocycles. The first-order chi connectivity index (χ1) is 15.1. The average molecular weight is 457 g/mol. The number of rotatable bonds is 4. The minimum absolute atomic E-state index is 0.266. The van der Waals surface area contributed by atoms with Crippen LogP contribution in [0.25, 0.3) is 11.4 Å². The number of nitrogens with zero attached hydrogens (tertiary/aromatic N) is 4. The summed E-state index contributed by atoms with van der Waals surface area (Å²) in [5, 5.41) is 15.3. The van der Waals surface area contributed by atoms with E-state index in [2.05, 4.69) is 21.6 Å². The van der Waals surface area contributed by atoms with E-state index < -0.39 is 17.4 Å². The number of halogens is 1. The summed E-state index contributed by atoms with van der Waals surface area (Å²) >= 11 is 6.47. The van der Waals surface area contributed by atoms with Gasteiger partial charge in [0.1, 0.15) is 11.9 Å². The Morgan fingerprint density at radius 2 is 2.00 bits per heavy atom. The molecular formula is C23H29ClN6O2. The maximum absolute atomic E-state index is 13.4. The Bertz CT molecular complexity index is 1080. The highest BCUT2D eigenvalue weighted by atomic mass is 35.5. The molecule has 0 spiro atoms. The molecule has 3 rings (SSSR count). The fourth-order valence-electron chi connectivity index (χ4n) is 3.89. The fraction of sp³-hybridized carbons (Fsp3) is 0.478. The predicted octanol–water partition coefficient (Wildman–Crippen LogP) is 2.80. The van der Waals surface area contributed by atoms with E-state index in [1.165, 1.54) is 0 Å². The molecule has 9 heteroatoms. The second-order valence-corrected chi connectivity index (χ2v) is 9.57. The lowest BCUT2D eigenvalue weighted by Crippen LogP contribution is -2.53. The van der Waals surface area contributed by atoms with Gasteiger partial charge in [0.15, 0.2) is 5.69 Å². The molecule has 170 valence electrons. The van der Waals surface area contributed by atoms with Gasteiger partial charge in [0.05, 0.1) is 22.3 Å². The third kappa shape index (κ3) is 4.79. The lowest BCUT2D eigenvalue weighted by molar-refractivity contribution is -0.124. The molecule has 8 nitrogen and oxygen atoms in total. The third-order valence-electron chi connectivity index (χ3n) is 5.62. The molecule has 32 heavy (non-hydrogen) atoms. The molecule has 0 fully saturated rings. The normalized spacial score (nSPS) is 15.3. The van der Waals surface area contributed by atoms with Gasteiger partial charge >= 0.3 is 0 Å². The van der Waals surface area contributed by atoms with E-state index in [4.69, 9.17) is 16.6 Å². The number of amides is 2. The molecule has 2 heterocycles. The van der Waals surface area contributed by atoms with Crippen molar-refractivity contribution in [2.24, 2.45) is 5.41 Å². The predicted molar refractivity (Wildman–Crippen MR) is 123 cm³/mol. The number of hydrogen-bond donors (Lipinski definition) is 2. The van der Waals surface area contributed by atoms with Gasteiger partial charge in [-0.15, -0.1) is 0 Å². The fourth-order valence-corrected chi connectivity index (χ4v) is 4.10. The van der Waals surface area contributed by atoms with Crippen LogP contribution in [-0.2, 0) is 17.9 Å². The first kappa shape index (κ1) is 23.8. The van der Waals surface area contributed by atoms with E-state index in [1.54, 1.807) is 25.2 Å². The highest BCUT2D eigenvalue weighted by Crippen LogP contribution is 2.32. The second kappa shape index (κ2) is 9.31. The van der Waals surface area contributed by atoms with Crippen LogP contribution in [-0.4, -0.2) is 52.9 Å². The Hall–Kier alpha value is -2.89. The zero-order valence-corrected chi connectivity index (χ0v) is 19.9. The van der Waals surface area contributed by atoms with Gasteiger partial charge in [-0.1, -0.05) is 32.4 Å². The third-order valence-corrected chi connectivity index (χ3v) is 5.94. The second-order valence-electron chi connectivity index (χ2n) is 9.17. The quantitative estimate of drug-likeness (QED) is 0.736. The smallest absolute Gasteiger partial charge is 0.272 e. The Balaban J connectivity index is 2.12. The van der Waals surface area contributed by atoms with Gasteiger partial charge in [0.2, 0.25) is 5.91 Å². The van der Waals surface area contributed by atoms with Crippen LogP contribution in [0.5, 0.6) is 0 Å². The topological polar surface area (TPSA) is 103 Å². The summed E-state index contributed by atoms with van der Waals surface area (Å²) in [4.78, 5) is 32.7. The van der Waals surface area contributed by atoms with Crippen LogP contribution < -0.4 is 10.6 Å². The molecule has 0 unspecified atom stereocenters. The van der Waals surface area contributed by atoms with Crippen molar-refractivity contribution in [1.29, 1.82) is 5.26 Å². The van der Waals surface area contributed by atoms with Crippen LogP contribution in [0.4, 0.5) is 0 Å². The molecule has 2 N–H and O–H groups in total. The molecule has 1 aromatic heterocycles. The molecule has 0 bridgehead atoms. The van der Waals surface area contributed by atoms with Crippen LogP contribution in [0.1, 0.15) is 48.9 Å². The van der Waals surface area contributed by atoms with E-state index >= 15 is 0 Å². The van der Waals surface area contributed by atoms with Crippen LogP contribution >= 0.6 is 11.6 Å². The van der Waals surface area contributed by atoms with Crippen LogP contribution in [0.3, 0.4) is 0 Å². The number of aromatic nitrogens is 2. The SMILES string of the molecule is CNC(=O)[C@@H](NC(=O)c1nc(-c2cc(C#N)ccc2Cl)n2c1CN(C)CCC2)C(C)(C)C. The van der Waals surface area contributed by atoms with Gasteiger partial charge in [-0.3, -0.25) is 9.59 Å². The minimum Gasteiger partial charge on any atom is -0.357 e. The summed E-state index contributed by atoms with van der Waals surface area (Å²) in [6, 6.07) is 6.41. The summed E-state index contributed by atoms with van der Waals surface area (Å²) in [6.45, 7) is 7.76. The van der Waals surface area contributed by atoms with Crippen molar-refractivity contribution in [3.8, 4) is 17.5 Å². The van der Waals surface area contributed by atoms with Gasteiger partial charge in [0.25, 0.3) is 5.91 Å². The number of nitrogens with one attached hydrogen (secondary N) is 2. The Labute approximate surface area is 193 Å². The number of imidazole rings is 1. The van der Waals surface area contributed by atoms with Gasteiger partial charge in [0, 0.05) is 25.7 Å². The van der Waals surface area contributed by atoms with Gasteiger partial charge in [-0.2, -0.15) is 5.26 Å². The van der Waals surface area contributed by atoms with E-state index in [-0.39, 0.29) is 11.6 Å². The maximum atomic E-state index is 13.4. The Morgan fingerprint density at radius 1 is 1.28 bits per heavy atom. The standard InChI is InChI=1S/C23H29ClN6O2/c1-23(2,3)19(22(32)26-4)28-21(31)18-17-13-29(5)9-6-10-30(17)20(27-18)15-11-14(12-25)7-8-16(15)24/h7-8,11,19H,6,9-10,13H2,1-5H3,(H,26,32)(H,28,31)/t19-/m1/s1. The van der Waals surface area contributed by atoms with Crippen LogP contribution in [0.2, 0.25) is 5.02 Å². The first-order valence-corrected chi connectivity index (χ1v) is 10.9. The molecule has 1 aliphatic heterocycles. The number of likely N-dealkylation sites (N-methyl/N-ethyl adjacent to an activating group) is 1. The highest BCUT2D eigenvalue weighted by Gasteiger charge is 2.34. The van der Waals surface area contributed by atoms with Crippen LogP contribution in [0, 0.1) is 16.7 Å². The lowest BCUT2D eigenvalue weighted by Gasteiger charge is -2.29. The van der Waals surface area contributed by atoms with Crippen molar-refractivity contribution in [2.75, 3.05) is 20.6 Å². The highest BCUT2D eigenvalue weighted by molar-refractivity contribution is 6.33. The van der Waals surface area contributed by atoms with Crippen molar-refractivity contribution in [1.82, 2.24) is 25.1 Å².